The van der Waals surface area contributed by atoms with Crippen LogP contribution in [0.4, 0.5) is 0 Å². The SMILES string of the molecule is CC.CCC1(CC)CCCc2cccc(OC)c21. The highest BCUT2D eigenvalue weighted by atomic mass is 16.5. The van der Waals surface area contributed by atoms with Gasteiger partial charge in [0, 0.05) is 5.56 Å². The molecule has 1 aliphatic carbocycles. The number of ether oxygens (including phenoxy) is 1. The molecule has 1 aromatic rings. The molecule has 2 rings (SSSR count). The minimum absolute atomic E-state index is 0.361. The first-order valence-electron chi connectivity index (χ1n) is 7.43. The number of hydrogen-bond acceptors (Lipinski definition) is 1. The van der Waals surface area contributed by atoms with E-state index in [0.717, 1.165) is 5.75 Å². The van der Waals surface area contributed by atoms with Gasteiger partial charge in [0.25, 0.3) is 0 Å². The monoisotopic (exact) mass is 248 g/mol. The van der Waals surface area contributed by atoms with Crippen molar-refractivity contribution in [2.24, 2.45) is 0 Å². The van der Waals surface area contributed by atoms with Gasteiger partial charge in [-0.05, 0) is 49.1 Å². The summed E-state index contributed by atoms with van der Waals surface area (Å²) in [4.78, 5) is 0. The zero-order valence-corrected chi connectivity index (χ0v) is 12.7. The van der Waals surface area contributed by atoms with Crippen molar-refractivity contribution in [3.8, 4) is 5.75 Å². The minimum Gasteiger partial charge on any atom is -0.496 e. The van der Waals surface area contributed by atoms with Crippen LogP contribution in [0.25, 0.3) is 0 Å². The van der Waals surface area contributed by atoms with Gasteiger partial charge in [-0.3, -0.25) is 0 Å². The van der Waals surface area contributed by atoms with E-state index in [0.29, 0.717) is 5.41 Å². The Morgan fingerprint density at radius 1 is 1.17 bits per heavy atom. The second-order valence-electron chi connectivity index (χ2n) is 4.84. The molecule has 0 bridgehead atoms. The smallest absolute Gasteiger partial charge is 0.122 e. The summed E-state index contributed by atoms with van der Waals surface area (Å²) in [6.07, 6.45) is 6.29. The first kappa shape index (κ1) is 15.1. The van der Waals surface area contributed by atoms with Crippen molar-refractivity contribution in [1.82, 2.24) is 0 Å². The van der Waals surface area contributed by atoms with Gasteiger partial charge in [0.15, 0.2) is 0 Å². The van der Waals surface area contributed by atoms with E-state index in [9.17, 15) is 0 Å². The Morgan fingerprint density at radius 2 is 1.83 bits per heavy atom. The van der Waals surface area contributed by atoms with E-state index in [-0.39, 0.29) is 0 Å². The van der Waals surface area contributed by atoms with Gasteiger partial charge in [-0.2, -0.15) is 0 Å². The molecule has 1 aromatic carbocycles. The Morgan fingerprint density at radius 3 is 2.39 bits per heavy atom. The molecule has 0 N–H and O–H groups in total. The molecular weight excluding hydrogens is 220 g/mol. The summed E-state index contributed by atoms with van der Waals surface area (Å²) >= 11 is 0. The molecule has 1 aliphatic rings. The van der Waals surface area contributed by atoms with Crippen molar-refractivity contribution < 1.29 is 4.74 Å². The summed E-state index contributed by atoms with van der Waals surface area (Å²) in [5.41, 5.74) is 3.36. The first-order chi connectivity index (χ1) is 8.77. The van der Waals surface area contributed by atoms with Crippen LogP contribution in [0.2, 0.25) is 0 Å². The van der Waals surface area contributed by atoms with Gasteiger partial charge in [-0.25, -0.2) is 0 Å². The van der Waals surface area contributed by atoms with Crippen LogP contribution in [0.15, 0.2) is 18.2 Å². The molecule has 1 nitrogen and oxygen atoms in total. The van der Waals surface area contributed by atoms with Crippen LogP contribution < -0.4 is 4.74 Å². The lowest BCUT2D eigenvalue weighted by atomic mass is 9.66. The molecule has 0 fully saturated rings. The molecule has 0 radical (unpaired) electrons. The average Bonchev–Trinajstić information content (AvgIpc) is 2.48. The van der Waals surface area contributed by atoms with E-state index >= 15 is 0 Å². The highest BCUT2D eigenvalue weighted by Crippen LogP contribution is 2.46. The fraction of sp³-hybridized carbons (Fsp3) is 0.647. The fourth-order valence-corrected chi connectivity index (χ4v) is 3.26. The van der Waals surface area contributed by atoms with Gasteiger partial charge in [0.2, 0.25) is 0 Å². The van der Waals surface area contributed by atoms with Gasteiger partial charge in [-0.1, -0.05) is 39.8 Å². The Kier molecular flexibility index (Phi) is 5.71. The number of rotatable bonds is 3. The summed E-state index contributed by atoms with van der Waals surface area (Å²) in [6, 6.07) is 6.51. The standard InChI is InChI=1S/C15H22O.C2H6/c1-4-15(5-2)11-7-9-12-8-6-10-13(16-3)14(12)15;1-2/h6,8,10H,4-5,7,9,11H2,1-3H3;1-2H3. The Balaban J connectivity index is 0.000000771. The predicted molar refractivity (Wildman–Crippen MR) is 79.5 cm³/mol. The molecule has 18 heavy (non-hydrogen) atoms. The van der Waals surface area contributed by atoms with Crippen LogP contribution in [-0.4, -0.2) is 7.11 Å². The molecule has 0 spiro atoms. The molecule has 0 atom stereocenters. The molecule has 0 unspecified atom stereocenters. The third kappa shape index (κ3) is 2.55. The molecule has 0 aliphatic heterocycles. The van der Waals surface area contributed by atoms with Crippen molar-refractivity contribution >= 4 is 0 Å². The zero-order valence-electron chi connectivity index (χ0n) is 12.7. The summed E-state index contributed by atoms with van der Waals surface area (Å²) in [6.45, 7) is 8.62. The number of fused-ring (bicyclic) bond motifs is 1. The number of aryl methyl sites for hydroxylation is 1. The van der Waals surface area contributed by atoms with Crippen molar-refractivity contribution in [3.63, 3.8) is 0 Å². The largest absolute Gasteiger partial charge is 0.496 e. The van der Waals surface area contributed by atoms with E-state index in [1.54, 1.807) is 7.11 Å². The maximum absolute atomic E-state index is 5.57. The van der Waals surface area contributed by atoms with E-state index in [1.165, 1.54) is 43.2 Å². The fourth-order valence-electron chi connectivity index (χ4n) is 3.26. The van der Waals surface area contributed by atoms with Gasteiger partial charge in [-0.15, -0.1) is 0 Å². The molecule has 0 amide bonds. The van der Waals surface area contributed by atoms with Crippen LogP contribution in [0, 0.1) is 0 Å². The van der Waals surface area contributed by atoms with Gasteiger partial charge in [0.05, 0.1) is 7.11 Å². The Labute approximate surface area is 113 Å². The molecular formula is C17H28O. The molecule has 0 heterocycles. The average molecular weight is 248 g/mol. The van der Waals surface area contributed by atoms with Crippen LogP contribution in [0.1, 0.15) is 64.5 Å². The summed E-state index contributed by atoms with van der Waals surface area (Å²) in [5, 5.41) is 0. The van der Waals surface area contributed by atoms with E-state index < -0.39 is 0 Å². The molecule has 0 saturated heterocycles. The Hall–Kier alpha value is -0.980. The first-order valence-corrected chi connectivity index (χ1v) is 7.43. The molecule has 102 valence electrons. The highest BCUT2D eigenvalue weighted by Gasteiger charge is 2.35. The Bertz CT molecular complexity index is 350. The third-order valence-corrected chi connectivity index (χ3v) is 4.32. The number of benzene rings is 1. The highest BCUT2D eigenvalue weighted by molar-refractivity contribution is 5.47. The van der Waals surface area contributed by atoms with E-state index in [1.807, 2.05) is 13.8 Å². The normalized spacial score (nSPS) is 16.3. The lowest BCUT2D eigenvalue weighted by Gasteiger charge is -2.39. The predicted octanol–water partition coefficient (Wildman–Crippen LogP) is 5.12. The van der Waals surface area contributed by atoms with Gasteiger partial charge >= 0.3 is 0 Å². The van der Waals surface area contributed by atoms with Crippen molar-refractivity contribution in [1.29, 1.82) is 0 Å². The maximum atomic E-state index is 5.57. The summed E-state index contributed by atoms with van der Waals surface area (Å²) < 4.78 is 5.57. The van der Waals surface area contributed by atoms with Gasteiger partial charge in [0.1, 0.15) is 5.75 Å². The van der Waals surface area contributed by atoms with Crippen molar-refractivity contribution in [2.45, 2.75) is 65.2 Å². The molecule has 0 saturated carbocycles. The molecule has 1 heteroatoms. The van der Waals surface area contributed by atoms with Crippen LogP contribution in [-0.2, 0) is 11.8 Å². The van der Waals surface area contributed by atoms with Crippen molar-refractivity contribution in [3.05, 3.63) is 29.3 Å². The van der Waals surface area contributed by atoms with Crippen molar-refractivity contribution in [2.75, 3.05) is 7.11 Å². The second kappa shape index (κ2) is 6.82. The number of hydrogen-bond donors (Lipinski definition) is 0. The summed E-state index contributed by atoms with van der Waals surface area (Å²) in [5.74, 6) is 1.10. The quantitative estimate of drug-likeness (QED) is 0.721. The number of methoxy groups -OCH3 is 1. The van der Waals surface area contributed by atoms with Crippen LogP contribution in [0.5, 0.6) is 5.75 Å². The second-order valence-corrected chi connectivity index (χ2v) is 4.84. The van der Waals surface area contributed by atoms with Crippen LogP contribution >= 0.6 is 0 Å². The minimum atomic E-state index is 0.361. The lowest BCUT2D eigenvalue weighted by Crippen LogP contribution is -2.30. The molecule has 0 aromatic heterocycles. The third-order valence-electron chi connectivity index (χ3n) is 4.32. The lowest BCUT2D eigenvalue weighted by molar-refractivity contribution is 0.312. The topological polar surface area (TPSA) is 9.23 Å². The summed E-state index contributed by atoms with van der Waals surface area (Å²) in [7, 11) is 1.79. The van der Waals surface area contributed by atoms with Crippen LogP contribution in [0.3, 0.4) is 0 Å². The zero-order chi connectivity index (χ0) is 13.6. The maximum Gasteiger partial charge on any atom is 0.122 e. The van der Waals surface area contributed by atoms with E-state index in [4.69, 9.17) is 4.74 Å². The van der Waals surface area contributed by atoms with E-state index in [2.05, 4.69) is 32.0 Å². The van der Waals surface area contributed by atoms with Gasteiger partial charge < -0.3 is 4.74 Å².